The van der Waals surface area contributed by atoms with Gasteiger partial charge in [0.05, 0.1) is 12.7 Å². The van der Waals surface area contributed by atoms with Gasteiger partial charge < -0.3 is 14.9 Å². The lowest BCUT2D eigenvalue weighted by molar-refractivity contribution is -0.149. The van der Waals surface area contributed by atoms with Gasteiger partial charge in [-0.15, -0.1) is 0 Å². The number of carbonyl (C=O) groups is 2. The zero-order chi connectivity index (χ0) is 12.8. The Bertz CT molecular complexity index is 281. The second-order valence-electron chi connectivity index (χ2n) is 4.15. The molecule has 6 nitrogen and oxygen atoms in total. The van der Waals surface area contributed by atoms with Crippen LogP contribution in [0.2, 0.25) is 0 Å². The number of hydrogen-bond donors (Lipinski definition) is 2. The predicted octanol–water partition coefficient (Wildman–Crippen LogP) is 0.833. The van der Waals surface area contributed by atoms with Crippen molar-refractivity contribution in [3.63, 3.8) is 0 Å². The van der Waals surface area contributed by atoms with Gasteiger partial charge >= 0.3 is 12.1 Å². The van der Waals surface area contributed by atoms with Gasteiger partial charge in [-0.05, 0) is 19.3 Å². The van der Waals surface area contributed by atoms with Crippen LogP contribution in [0.15, 0.2) is 0 Å². The molecule has 0 aromatic heterocycles. The molecule has 2 N–H and O–H groups in total. The summed E-state index contributed by atoms with van der Waals surface area (Å²) in [6.45, 7) is 2.58. The quantitative estimate of drug-likeness (QED) is 0.716. The molecular formula is C11H19NO5. The maximum absolute atomic E-state index is 11.7. The summed E-state index contributed by atoms with van der Waals surface area (Å²) >= 11 is 0. The Hall–Kier alpha value is -1.30. The highest BCUT2D eigenvalue weighted by Gasteiger charge is 2.39. The maximum Gasteiger partial charge on any atom is 0.410 e. The number of aliphatic hydroxyl groups is 1. The van der Waals surface area contributed by atoms with Gasteiger partial charge in [-0.1, -0.05) is 13.3 Å². The van der Waals surface area contributed by atoms with E-state index in [-0.39, 0.29) is 6.61 Å². The number of likely N-dealkylation sites (tertiary alicyclic amines) is 1. The van der Waals surface area contributed by atoms with E-state index >= 15 is 0 Å². The zero-order valence-corrected chi connectivity index (χ0v) is 9.96. The number of hydrogen-bond acceptors (Lipinski definition) is 4. The molecular weight excluding hydrogens is 226 g/mol. The van der Waals surface area contributed by atoms with Crippen LogP contribution in [0.4, 0.5) is 4.79 Å². The molecule has 98 valence electrons. The molecule has 1 rings (SSSR count). The summed E-state index contributed by atoms with van der Waals surface area (Å²) in [5, 5.41) is 18.6. The fourth-order valence-corrected chi connectivity index (χ4v) is 1.86. The summed E-state index contributed by atoms with van der Waals surface area (Å²) in [6, 6.07) is -1.18. The van der Waals surface area contributed by atoms with Crippen molar-refractivity contribution in [2.75, 3.05) is 13.2 Å². The van der Waals surface area contributed by atoms with Gasteiger partial charge in [0.2, 0.25) is 0 Å². The van der Waals surface area contributed by atoms with Crippen molar-refractivity contribution in [1.29, 1.82) is 0 Å². The number of carboxylic acid groups (broad SMARTS) is 1. The molecule has 0 aliphatic carbocycles. The SMILES string of the molecule is CCCCOC(=O)N1CCCC(O)C1C(=O)O. The van der Waals surface area contributed by atoms with Gasteiger partial charge in [0, 0.05) is 6.54 Å². The highest BCUT2D eigenvalue weighted by atomic mass is 16.6. The van der Waals surface area contributed by atoms with Crippen LogP contribution in [0.5, 0.6) is 0 Å². The maximum atomic E-state index is 11.7. The first-order chi connectivity index (χ1) is 8.07. The predicted molar refractivity (Wildman–Crippen MR) is 59.6 cm³/mol. The van der Waals surface area contributed by atoms with Crippen LogP contribution in [-0.4, -0.2) is 52.5 Å². The first kappa shape index (κ1) is 13.8. The first-order valence-electron chi connectivity index (χ1n) is 5.92. The molecule has 1 aliphatic rings. The van der Waals surface area contributed by atoms with Crippen molar-refractivity contribution in [2.45, 2.75) is 44.8 Å². The molecule has 1 amide bonds. The molecule has 17 heavy (non-hydrogen) atoms. The Morgan fingerprint density at radius 2 is 2.18 bits per heavy atom. The lowest BCUT2D eigenvalue weighted by atomic mass is 9.99. The van der Waals surface area contributed by atoms with Crippen molar-refractivity contribution in [3.05, 3.63) is 0 Å². The molecule has 0 aromatic rings. The number of rotatable bonds is 4. The van der Waals surface area contributed by atoms with Gasteiger partial charge in [-0.3, -0.25) is 4.90 Å². The van der Waals surface area contributed by atoms with Crippen molar-refractivity contribution in [1.82, 2.24) is 4.90 Å². The van der Waals surface area contributed by atoms with Crippen molar-refractivity contribution < 1.29 is 24.5 Å². The molecule has 2 atom stereocenters. The van der Waals surface area contributed by atoms with Crippen LogP contribution < -0.4 is 0 Å². The average Bonchev–Trinajstić information content (AvgIpc) is 2.28. The summed E-state index contributed by atoms with van der Waals surface area (Å²) in [5.74, 6) is -1.19. The molecule has 0 aromatic carbocycles. The monoisotopic (exact) mass is 245 g/mol. The summed E-state index contributed by atoms with van der Waals surface area (Å²) in [7, 11) is 0. The molecule has 1 saturated heterocycles. The molecule has 1 fully saturated rings. The third-order valence-electron chi connectivity index (χ3n) is 2.81. The van der Waals surface area contributed by atoms with Crippen molar-refractivity contribution >= 4 is 12.1 Å². The second kappa shape index (κ2) is 6.44. The lowest BCUT2D eigenvalue weighted by Crippen LogP contribution is -2.55. The van der Waals surface area contributed by atoms with Gasteiger partial charge in [-0.25, -0.2) is 9.59 Å². The Morgan fingerprint density at radius 3 is 2.76 bits per heavy atom. The Kier molecular flexibility index (Phi) is 5.21. The van der Waals surface area contributed by atoms with E-state index in [1.807, 2.05) is 6.92 Å². The normalized spacial score (nSPS) is 24.5. The number of amides is 1. The zero-order valence-electron chi connectivity index (χ0n) is 9.96. The third-order valence-corrected chi connectivity index (χ3v) is 2.81. The van der Waals surface area contributed by atoms with E-state index in [0.29, 0.717) is 19.4 Å². The largest absolute Gasteiger partial charge is 0.480 e. The highest BCUT2D eigenvalue weighted by molar-refractivity contribution is 5.81. The van der Waals surface area contributed by atoms with Crippen molar-refractivity contribution in [3.8, 4) is 0 Å². The summed E-state index contributed by atoms with van der Waals surface area (Å²) in [4.78, 5) is 23.8. The number of unbranched alkanes of at least 4 members (excludes halogenated alkanes) is 1. The number of nitrogens with zero attached hydrogens (tertiary/aromatic N) is 1. The van der Waals surface area contributed by atoms with Crippen LogP contribution in [0.3, 0.4) is 0 Å². The number of piperidine rings is 1. The Balaban J connectivity index is 2.59. The van der Waals surface area contributed by atoms with Crippen LogP contribution in [0.25, 0.3) is 0 Å². The van der Waals surface area contributed by atoms with E-state index < -0.39 is 24.2 Å². The third kappa shape index (κ3) is 3.59. The molecule has 1 aliphatic heterocycles. The van der Waals surface area contributed by atoms with E-state index in [9.17, 15) is 14.7 Å². The molecule has 2 unspecified atom stereocenters. The smallest absolute Gasteiger partial charge is 0.410 e. The molecule has 0 bridgehead atoms. The molecule has 0 spiro atoms. The lowest BCUT2D eigenvalue weighted by Gasteiger charge is -2.35. The number of aliphatic carboxylic acids is 1. The minimum Gasteiger partial charge on any atom is -0.480 e. The van der Waals surface area contributed by atoms with E-state index in [1.54, 1.807) is 0 Å². The second-order valence-corrected chi connectivity index (χ2v) is 4.15. The van der Waals surface area contributed by atoms with E-state index in [2.05, 4.69) is 0 Å². The summed E-state index contributed by atoms with van der Waals surface area (Å²) in [5.41, 5.74) is 0. The summed E-state index contributed by atoms with van der Waals surface area (Å²) < 4.78 is 4.96. The standard InChI is InChI=1S/C11H19NO5/c1-2-3-7-17-11(16)12-6-4-5-8(13)9(12)10(14)15/h8-9,13H,2-7H2,1H3,(H,14,15). The number of carbonyl (C=O) groups excluding carboxylic acids is 1. The van der Waals surface area contributed by atoms with Crippen LogP contribution in [0.1, 0.15) is 32.6 Å². The topological polar surface area (TPSA) is 87.1 Å². The molecule has 6 heteroatoms. The Labute approximate surface area is 100 Å². The number of carboxylic acids is 1. The molecule has 1 heterocycles. The Morgan fingerprint density at radius 1 is 1.47 bits per heavy atom. The molecule has 0 saturated carbocycles. The minimum absolute atomic E-state index is 0.286. The fraction of sp³-hybridized carbons (Fsp3) is 0.818. The van der Waals surface area contributed by atoms with Crippen molar-refractivity contribution in [2.24, 2.45) is 0 Å². The minimum atomic E-state index is -1.19. The van der Waals surface area contributed by atoms with Gasteiger partial charge in [0.15, 0.2) is 6.04 Å². The van der Waals surface area contributed by atoms with E-state index in [1.165, 1.54) is 0 Å². The number of aliphatic hydroxyl groups excluding tert-OH is 1. The average molecular weight is 245 g/mol. The first-order valence-corrected chi connectivity index (χ1v) is 5.92. The fourth-order valence-electron chi connectivity index (χ4n) is 1.86. The van der Waals surface area contributed by atoms with Crippen LogP contribution in [-0.2, 0) is 9.53 Å². The van der Waals surface area contributed by atoms with Gasteiger partial charge in [0.1, 0.15) is 0 Å². The highest BCUT2D eigenvalue weighted by Crippen LogP contribution is 2.19. The van der Waals surface area contributed by atoms with Crippen LogP contribution >= 0.6 is 0 Å². The molecule has 0 radical (unpaired) electrons. The van der Waals surface area contributed by atoms with E-state index in [4.69, 9.17) is 9.84 Å². The number of ether oxygens (including phenoxy) is 1. The van der Waals surface area contributed by atoms with Crippen LogP contribution in [0, 0.1) is 0 Å². The van der Waals surface area contributed by atoms with Gasteiger partial charge in [0.25, 0.3) is 0 Å². The summed E-state index contributed by atoms with van der Waals surface area (Å²) in [6.07, 6.45) is 0.978. The van der Waals surface area contributed by atoms with E-state index in [0.717, 1.165) is 17.7 Å². The van der Waals surface area contributed by atoms with Gasteiger partial charge in [-0.2, -0.15) is 0 Å².